The van der Waals surface area contributed by atoms with Gasteiger partial charge in [0.2, 0.25) is 0 Å². The molecule has 3 heteroatoms. The van der Waals surface area contributed by atoms with Gasteiger partial charge >= 0.3 is 0 Å². The minimum Gasteiger partial charge on any atom is -0.346 e. The van der Waals surface area contributed by atoms with Crippen LogP contribution in [0.15, 0.2) is 30.5 Å². The van der Waals surface area contributed by atoms with E-state index in [9.17, 15) is 0 Å². The summed E-state index contributed by atoms with van der Waals surface area (Å²) in [7, 11) is 0. The summed E-state index contributed by atoms with van der Waals surface area (Å²) in [6, 6.07) is 8.72. The van der Waals surface area contributed by atoms with Crippen molar-refractivity contribution < 1.29 is 0 Å². The summed E-state index contributed by atoms with van der Waals surface area (Å²) in [6.45, 7) is 1.89. The first-order valence-corrected chi connectivity index (χ1v) is 8.02. The van der Waals surface area contributed by atoms with Gasteiger partial charge in [-0.05, 0) is 43.7 Å². The third-order valence-corrected chi connectivity index (χ3v) is 3.90. The maximum atomic E-state index is 5.57. The molecule has 0 unspecified atom stereocenters. The van der Waals surface area contributed by atoms with Crippen LogP contribution in [0.3, 0.4) is 0 Å². The summed E-state index contributed by atoms with van der Waals surface area (Å²) < 4.78 is 2.39. The number of aryl methyl sites for hydroxylation is 2. The van der Waals surface area contributed by atoms with Crippen LogP contribution in [0.5, 0.6) is 0 Å². The van der Waals surface area contributed by atoms with Crippen molar-refractivity contribution in [3.05, 3.63) is 36.0 Å². The van der Waals surface area contributed by atoms with E-state index in [0.29, 0.717) is 0 Å². The van der Waals surface area contributed by atoms with Crippen LogP contribution in [-0.2, 0) is 13.0 Å². The van der Waals surface area contributed by atoms with Gasteiger partial charge in [-0.2, -0.15) is 11.8 Å². The van der Waals surface area contributed by atoms with Crippen molar-refractivity contribution in [3.63, 3.8) is 0 Å². The van der Waals surface area contributed by atoms with Crippen LogP contribution in [0.4, 0.5) is 0 Å². The van der Waals surface area contributed by atoms with Crippen LogP contribution in [0, 0.1) is 0 Å². The lowest BCUT2D eigenvalue weighted by atomic mass is 10.1. The van der Waals surface area contributed by atoms with E-state index in [1.165, 1.54) is 28.6 Å². The zero-order chi connectivity index (χ0) is 12.8. The van der Waals surface area contributed by atoms with E-state index in [0.717, 1.165) is 25.9 Å². The highest BCUT2D eigenvalue weighted by molar-refractivity contribution is 7.98. The maximum absolute atomic E-state index is 5.57. The average Bonchev–Trinajstić information content (AvgIpc) is 2.76. The van der Waals surface area contributed by atoms with E-state index in [1.54, 1.807) is 0 Å². The minimum atomic E-state index is 0.797. The van der Waals surface area contributed by atoms with Crippen molar-refractivity contribution >= 4 is 22.7 Å². The van der Waals surface area contributed by atoms with Gasteiger partial charge in [0.05, 0.1) is 0 Å². The number of rotatable bonds is 7. The SMILES string of the molecule is CSCCn1cc(CCCCN)c2ccccc21. The largest absolute Gasteiger partial charge is 0.346 e. The Hall–Kier alpha value is -0.930. The number of hydrogen-bond donors (Lipinski definition) is 1. The van der Waals surface area contributed by atoms with Gasteiger partial charge in [0.25, 0.3) is 0 Å². The first-order valence-electron chi connectivity index (χ1n) is 6.62. The highest BCUT2D eigenvalue weighted by Gasteiger charge is 2.07. The second-order valence-corrected chi connectivity index (χ2v) is 5.59. The lowest BCUT2D eigenvalue weighted by Gasteiger charge is -2.02. The molecule has 1 aromatic carbocycles. The number of thioether (sulfide) groups is 1. The lowest BCUT2D eigenvalue weighted by molar-refractivity contribution is 0.740. The number of fused-ring (bicyclic) bond motifs is 1. The monoisotopic (exact) mass is 262 g/mol. The Morgan fingerprint density at radius 3 is 2.83 bits per heavy atom. The average molecular weight is 262 g/mol. The molecule has 1 aromatic heterocycles. The van der Waals surface area contributed by atoms with Gasteiger partial charge < -0.3 is 10.3 Å². The number of benzene rings is 1. The molecule has 0 aliphatic carbocycles. The summed E-state index contributed by atoms with van der Waals surface area (Å²) in [5.41, 5.74) is 8.41. The highest BCUT2D eigenvalue weighted by atomic mass is 32.2. The summed E-state index contributed by atoms with van der Waals surface area (Å²) in [6.07, 6.45) is 7.94. The molecule has 2 rings (SSSR count). The third-order valence-electron chi connectivity index (χ3n) is 3.31. The van der Waals surface area contributed by atoms with Crippen molar-refractivity contribution in [1.82, 2.24) is 4.57 Å². The van der Waals surface area contributed by atoms with Crippen LogP contribution < -0.4 is 5.73 Å². The van der Waals surface area contributed by atoms with Gasteiger partial charge in [-0.15, -0.1) is 0 Å². The van der Waals surface area contributed by atoms with Gasteiger partial charge in [-0.1, -0.05) is 18.2 Å². The quantitative estimate of drug-likeness (QED) is 0.776. The second-order valence-electron chi connectivity index (χ2n) is 4.60. The van der Waals surface area contributed by atoms with Crippen LogP contribution in [-0.4, -0.2) is 23.1 Å². The molecule has 0 saturated heterocycles. The van der Waals surface area contributed by atoms with E-state index in [-0.39, 0.29) is 0 Å². The fourth-order valence-corrected chi connectivity index (χ4v) is 2.74. The predicted molar refractivity (Wildman–Crippen MR) is 82.3 cm³/mol. The molecule has 0 bridgehead atoms. The van der Waals surface area contributed by atoms with E-state index >= 15 is 0 Å². The Morgan fingerprint density at radius 2 is 2.06 bits per heavy atom. The fraction of sp³-hybridized carbons (Fsp3) is 0.467. The van der Waals surface area contributed by atoms with Crippen molar-refractivity contribution in [1.29, 1.82) is 0 Å². The highest BCUT2D eigenvalue weighted by Crippen LogP contribution is 2.23. The molecule has 18 heavy (non-hydrogen) atoms. The van der Waals surface area contributed by atoms with E-state index in [2.05, 4.69) is 41.3 Å². The third kappa shape index (κ3) is 3.09. The predicted octanol–water partition coefficient (Wildman–Crippen LogP) is 3.29. The topological polar surface area (TPSA) is 30.9 Å². The van der Waals surface area contributed by atoms with Gasteiger partial charge in [0.1, 0.15) is 0 Å². The van der Waals surface area contributed by atoms with Crippen LogP contribution in [0.1, 0.15) is 18.4 Å². The van der Waals surface area contributed by atoms with Crippen LogP contribution in [0.2, 0.25) is 0 Å². The Balaban J connectivity index is 2.23. The first-order chi connectivity index (χ1) is 8.86. The number of unbranched alkanes of at least 4 members (excludes halogenated alkanes) is 1. The molecule has 2 aromatic rings. The Labute approximate surface area is 114 Å². The normalized spacial score (nSPS) is 11.2. The molecule has 2 N–H and O–H groups in total. The van der Waals surface area contributed by atoms with Crippen LogP contribution >= 0.6 is 11.8 Å². The number of aromatic nitrogens is 1. The number of para-hydroxylation sites is 1. The smallest absolute Gasteiger partial charge is 0.0483 e. The maximum Gasteiger partial charge on any atom is 0.0483 e. The van der Waals surface area contributed by atoms with E-state index in [1.807, 2.05) is 11.8 Å². The number of nitrogens with two attached hydrogens (primary N) is 1. The molecular formula is C15H22N2S. The zero-order valence-corrected chi connectivity index (χ0v) is 11.9. The molecule has 0 spiro atoms. The molecule has 0 fully saturated rings. The molecule has 0 aliphatic heterocycles. The van der Waals surface area contributed by atoms with Gasteiger partial charge in [0.15, 0.2) is 0 Å². The molecule has 0 atom stereocenters. The molecule has 98 valence electrons. The van der Waals surface area contributed by atoms with Crippen LogP contribution in [0.25, 0.3) is 10.9 Å². The van der Waals surface area contributed by atoms with Crippen molar-refractivity contribution in [2.45, 2.75) is 25.8 Å². The summed E-state index contributed by atoms with van der Waals surface area (Å²) >= 11 is 1.90. The number of hydrogen-bond acceptors (Lipinski definition) is 2. The standard InChI is InChI=1S/C15H22N2S/c1-18-11-10-17-12-13(6-4-5-9-16)14-7-2-3-8-15(14)17/h2-3,7-8,12H,4-6,9-11,16H2,1H3. The molecule has 0 amide bonds. The Kier molecular flexibility index (Phi) is 5.14. The second kappa shape index (κ2) is 6.86. The van der Waals surface area contributed by atoms with Crippen molar-refractivity contribution in [2.75, 3.05) is 18.6 Å². The Bertz CT molecular complexity index is 490. The lowest BCUT2D eigenvalue weighted by Crippen LogP contribution is -1.99. The fourth-order valence-electron chi connectivity index (χ4n) is 2.36. The van der Waals surface area contributed by atoms with Crippen molar-refractivity contribution in [2.24, 2.45) is 5.73 Å². The first kappa shape index (κ1) is 13.5. The molecule has 0 saturated carbocycles. The van der Waals surface area contributed by atoms with Gasteiger partial charge in [-0.3, -0.25) is 0 Å². The zero-order valence-electron chi connectivity index (χ0n) is 11.1. The minimum absolute atomic E-state index is 0.797. The molecule has 0 aliphatic rings. The molecular weight excluding hydrogens is 240 g/mol. The summed E-state index contributed by atoms with van der Waals surface area (Å²) in [4.78, 5) is 0. The van der Waals surface area contributed by atoms with Gasteiger partial charge in [-0.25, -0.2) is 0 Å². The van der Waals surface area contributed by atoms with E-state index < -0.39 is 0 Å². The molecule has 0 radical (unpaired) electrons. The summed E-state index contributed by atoms with van der Waals surface area (Å²) in [5, 5.41) is 1.41. The molecule has 2 nitrogen and oxygen atoms in total. The van der Waals surface area contributed by atoms with E-state index in [4.69, 9.17) is 5.73 Å². The molecule has 1 heterocycles. The van der Waals surface area contributed by atoms with Gasteiger partial charge in [0, 0.05) is 29.4 Å². The number of nitrogens with zero attached hydrogens (tertiary/aromatic N) is 1. The Morgan fingerprint density at radius 1 is 1.22 bits per heavy atom. The van der Waals surface area contributed by atoms with Crippen molar-refractivity contribution in [3.8, 4) is 0 Å². The summed E-state index contributed by atoms with van der Waals surface area (Å²) in [5.74, 6) is 1.17.